The molecule has 2 heterocycles. The molecule has 0 saturated carbocycles. The Hall–Kier alpha value is -3.85. The first-order valence-electron chi connectivity index (χ1n) is 10.4. The minimum absolute atomic E-state index is 0.955. The highest BCUT2D eigenvalue weighted by Gasteiger charge is 2.18. The Morgan fingerprint density at radius 3 is 2.00 bits per heavy atom. The topological polar surface area (TPSA) is 22.8 Å². The Morgan fingerprint density at radius 2 is 1.30 bits per heavy atom. The summed E-state index contributed by atoms with van der Waals surface area (Å²) in [7, 11) is 0. The lowest BCUT2D eigenvalue weighted by Gasteiger charge is -2.18. The number of benzene rings is 4. The van der Waals surface area contributed by atoms with Crippen LogP contribution in [-0.4, -0.2) is 14.1 Å². The molecule has 0 radical (unpaired) electrons. The predicted molar refractivity (Wildman–Crippen MR) is 125 cm³/mol. The summed E-state index contributed by atoms with van der Waals surface area (Å²) in [6.07, 6.45) is 2.90. The smallest absolute Gasteiger partial charge is 0.100 e. The lowest BCUT2D eigenvalue weighted by Crippen LogP contribution is -2.06. The molecule has 0 fully saturated rings. The Kier molecular flexibility index (Phi) is 3.75. The van der Waals surface area contributed by atoms with Gasteiger partial charge in [0, 0.05) is 10.8 Å². The summed E-state index contributed by atoms with van der Waals surface area (Å²) in [5.74, 6) is 0. The van der Waals surface area contributed by atoms with Crippen LogP contribution in [0.5, 0.6) is 0 Å². The molecule has 3 heteroatoms. The summed E-state index contributed by atoms with van der Waals surface area (Å²) >= 11 is 0. The van der Waals surface area contributed by atoms with E-state index in [2.05, 4.69) is 106 Å². The molecule has 0 N–H and O–H groups in total. The number of imidazole rings is 1. The van der Waals surface area contributed by atoms with Crippen LogP contribution in [0.1, 0.15) is 12.5 Å². The van der Waals surface area contributed by atoms with Crippen LogP contribution in [0.2, 0.25) is 0 Å². The van der Waals surface area contributed by atoms with Gasteiger partial charge < -0.3 is 4.57 Å². The van der Waals surface area contributed by atoms with E-state index in [1.54, 1.807) is 0 Å². The highest BCUT2D eigenvalue weighted by Crippen LogP contribution is 2.36. The second-order valence-electron chi connectivity index (χ2n) is 7.61. The number of rotatable bonds is 3. The summed E-state index contributed by atoms with van der Waals surface area (Å²) in [5.41, 5.74) is 8.27. The van der Waals surface area contributed by atoms with Crippen molar-refractivity contribution < 1.29 is 0 Å². The number of para-hydroxylation sites is 5. The molecule has 0 aliphatic rings. The van der Waals surface area contributed by atoms with Crippen LogP contribution in [0.15, 0.2) is 97.3 Å². The molecule has 0 spiro atoms. The molecule has 4 aromatic carbocycles. The number of hydrogen-bond acceptors (Lipinski definition) is 1. The molecule has 3 nitrogen and oxygen atoms in total. The quantitative estimate of drug-likeness (QED) is 0.332. The summed E-state index contributed by atoms with van der Waals surface area (Å²) in [5, 5.41) is 2.56. The zero-order valence-corrected chi connectivity index (χ0v) is 16.8. The third-order valence-corrected chi connectivity index (χ3v) is 6.00. The van der Waals surface area contributed by atoms with Gasteiger partial charge in [-0.2, -0.15) is 0 Å². The Bertz CT molecular complexity index is 1480. The summed E-state index contributed by atoms with van der Waals surface area (Å²) in [6, 6.07) is 32.3. The Morgan fingerprint density at radius 1 is 0.667 bits per heavy atom. The van der Waals surface area contributed by atoms with E-state index in [9.17, 15) is 0 Å². The normalized spacial score (nSPS) is 11.6. The zero-order chi connectivity index (χ0) is 20.1. The first-order chi connectivity index (χ1) is 14.9. The highest BCUT2D eigenvalue weighted by atomic mass is 15.1. The van der Waals surface area contributed by atoms with Crippen molar-refractivity contribution >= 4 is 32.8 Å². The monoisotopic (exact) mass is 387 g/mol. The van der Waals surface area contributed by atoms with Crippen LogP contribution in [0, 0.1) is 0 Å². The van der Waals surface area contributed by atoms with Crippen molar-refractivity contribution in [2.45, 2.75) is 13.3 Å². The SMILES string of the molecule is CCc1cccc(-n2cnc3ccccc32)c1-n1c2ccccc2c2ccccc21. The van der Waals surface area contributed by atoms with Crippen molar-refractivity contribution in [3.8, 4) is 11.4 Å². The molecular weight excluding hydrogens is 366 g/mol. The van der Waals surface area contributed by atoms with E-state index in [1.165, 1.54) is 33.1 Å². The van der Waals surface area contributed by atoms with Gasteiger partial charge in [0.2, 0.25) is 0 Å². The molecular formula is C27H21N3. The summed E-state index contributed by atoms with van der Waals surface area (Å²) in [6.45, 7) is 2.22. The van der Waals surface area contributed by atoms with Crippen molar-refractivity contribution in [3.63, 3.8) is 0 Å². The molecule has 144 valence electrons. The first-order valence-corrected chi connectivity index (χ1v) is 10.4. The molecule has 6 aromatic rings. The molecule has 0 amide bonds. The second-order valence-corrected chi connectivity index (χ2v) is 7.61. The largest absolute Gasteiger partial charge is 0.307 e. The minimum atomic E-state index is 0.955. The van der Waals surface area contributed by atoms with Crippen LogP contribution in [-0.2, 0) is 6.42 Å². The fourth-order valence-electron chi connectivity index (χ4n) is 4.63. The molecule has 0 unspecified atom stereocenters. The van der Waals surface area contributed by atoms with E-state index in [4.69, 9.17) is 0 Å². The van der Waals surface area contributed by atoms with Crippen LogP contribution < -0.4 is 0 Å². The van der Waals surface area contributed by atoms with E-state index < -0.39 is 0 Å². The fourth-order valence-corrected chi connectivity index (χ4v) is 4.63. The summed E-state index contributed by atoms with van der Waals surface area (Å²) < 4.78 is 4.64. The van der Waals surface area contributed by atoms with Crippen LogP contribution in [0.4, 0.5) is 0 Å². The van der Waals surface area contributed by atoms with Gasteiger partial charge in [-0.1, -0.05) is 67.6 Å². The second kappa shape index (κ2) is 6.60. The predicted octanol–water partition coefficient (Wildman–Crippen LogP) is 6.69. The van der Waals surface area contributed by atoms with Gasteiger partial charge in [0.1, 0.15) is 6.33 Å². The average molecular weight is 387 g/mol. The highest BCUT2D eigenvalue weighted by molar-refractivity contribution is 6.09. The Balaban J connectivity index is 1.78. The van der Waals surface area contributed by atoms with Crippen LogP contribution >= 0.6 is 0 Å². The molecule has 0 bridgehead atoms. The third-order valence-electron chi connectivity index (χ3n) is 6.00. The lowest BCUT2D eigenvalue weighted by atomic mass is 10.1. The number of aromatic nitrogens is 3. The number of nitrogens with zero attached hydrogens (tertiary/aromatic N) is 3. The van der Waals surface area contributed by atoms with E-state index in [0.717, 1.165) is 23.1 Å². The van der Waals surface area contributed by atoms with Crippen molar-refractivity contribution in [2.75, 3.05) is 0 Å². The van der Waals surface area contributed by atoms with Crippen LogP contribution in [0.3, 0.4) is 0 Å². The van der Waals surface area contributed by atoms with Gasteiger partial charge in [0.25, 0.3) is 0 Å². The maximum absolute atomic E-state index is 4.65. The molecule has 6 rings (SSSR count). The van der Waals surface area contributed by atoms with Gasteiger partial charge in [0.15, 0.2) is 0 Å². The van der Waals surface area contributed by atoms with Crippen molar-refractivity contribution in [1.82, 2.24) is 14.1 Å². The molecule has 30 heavy (non-hydrogen) atoms. The maximum Gasteiger partial charge on any atom is 0.100 e. The molecule has 0 aliphatic heterocycles. The Labute approximate surface area is 174 Å². The van der Waals surface area contributed by atoms with E-state index in [1.807, 2.05) is 12.4 Å². The van der Waals surface area contributed by atoms with Crippen molar-refractivity contribution in [3.05, 3.63) is 103 Å². The molecule has 0 saturated heterocycles. The first kappa shape index (κ1) is 17.0. The van der Waals surface area contributed by atoms with Gasteiger partial charge in [-0.25, -0.2) is 4.98 Å². The van der Waals surface area contributed by atoms with Gasteiger partial charge >= 0.3 is 0 Å². The third kappa shape index (κ3) is 2.35. The molecule has 2 aromatic heterocycles. The number of fused-ring (bicyclic) bond motifs is 4. The van der Waals surface area contributed by atoms with Crippen molar-refractivity contribution in [1.29, 1.82) is 0 Å². The van der Waals surface area contributed by atoms with E-state index >= 15 is 0 Å². The standard InChI is InChI=1S/C27H21N3/c1-2-19-10-9-17-26(29-18-28-22-13-5-8-16-25(22)29)27(19)30-23-14-6-3-11-20(23)21-12-4-7-15-24(21)30/h3-18H,2H2,1H3. The fraction of sp³-hybridized carbons (Fsp3) is 0.0741. The number of hydrogen-bond donors (Lipinski definition) is 0. The van der Waals surface area contributed by atoms with E-state index in [-0.39, 0.29) is 0 Å². The van der Waals surface area contributed by atoms with Gasteiger partial charge in [-0.3, -0.25) is 4.57 Å². The van der Waals surface area contributed by atoms with Crippen LogP contribution in [0.25, 0.3) is 44.2 Å². The van der Waals surface area contributed by atoms with E-state index in [0.29, 0.717) is 0 Å². The average Bonchev–Trinajstić information content (AvgIpc) is 3.38. The van der Waals surface area contributed by atoms with Crippen molar-refractivity contribution in [2.24, 2.45) is 0 Å². The minimum Gasteiger partial charge on any atom is -0.307 e. The van der Waals surface area contributed by atoms with Gasteiger partial charge in [-0.05, 0) is 42.3 Å². The zero-order valence-electron chi connectivity index (χ0n) is 16.8. The van der Waals surface area contributed by atoms with Gasteiger partial charge in [-0.15, -0.1) is 0 Å². The summed E-state index contributed by atoms with van der Waals surface area (Å²) in [4.78, 5) is 4.65. The number of aryl methyl sites for hydroxylation is 1. The molecule has 0 atom stereocenters. The lowest BCUT2D eigenvalue weighted by molar-refractivity contribution is 1.01. The molecule has 0 aliphatic carbocycles. The maximum atomic E-state index is 4.65. The van der Waals surface area contributed by atoms with Gasteiger partial charge in [0.05, 0.1) is 33.4 Å².